The smallest absolute Gasteiger partial charge is 2.00 e. The Balaban J connectivity index is -0.000000251. The maximum absolute atomic E-state index is 10.8. The zero-order chi connectivity index (χ0) is 85.4. The van der Waals surface area contributed by atoms with Crippen molar-refractivity contribution in [3.8, 4) is 0 Å². The van der Waals surface area contributed by atoms with Crippen molar-refractivity contribution < 1.29 is 39.6 Å². The van der Waals surface area contributed by atoms with Gasteiger partial charge >= 0.3 is 139 Å². The van der Waals surface area contributed by atoms with Gasteiger partial charge in [0.05, 0.1) is 0 Å². The molecule has 0 N–H and O–H groups in total. The van der Waals surface area contributed by atoms with Crippen LogP contribution < -0.4 is 20.4 Å². The van der Waals surface area contributed by atoms with E-state index in [1.54, 1.807) is 17.7 Å². The number of thiol groups is 4. The van der Waals surface area contributed by atoms with Crippen LogP contribution in [0.15, 0.2) is 0 Å². The maximum atomic E-state index is 10.8. The van der Waals surface area contributed by atoms with Gasteiger partial charge < -0.3 is 53.1 Å². The first kappa shape index (κ1) is 129. The van der Waals surface area contributed by atoms with Crippen LogP contribution in [0.4, 0.5) is 0 Å². The zero-order valence-electron chi connectivity index (χ0n) is 78.2. The summed E-state index contributed by atoms with van der Waals surface area (Å²) in [5.41, 5.74) is 0. The number of unbranched alkanes of at least 4 members (excludes halogenated alkanes) is 64. The average Bonchev–Trinajstić information content (AvgIpc) is 1.35. The van der Waals surface area contributed by atoms with Crippen LogP contribution in [0.2, 0.25) is 17.7 Å². The van der Waals surface area contributed by atoms with E-state index in [-0.39, 0.29) is 79.5 Å². The van der Waals surface area contributed by atoms with Crippen molar-refractivity contribution in [2.45, 2.75) is 561 Å². The summed E-state index contributed by atoms with van der Waals surface area (Å²) in [6, 6.07) is 0. The minimum atomic E-state index is -0.939. The van der Waals surface area contributed by atoms with E-state index in [1.807, 2.05) is 0 Å². The van der Waals surface area contributed by atoms with E-state index >= 15 is 0 Å². The summed E-state index contributed by atoms with van der Waals surface area (Å²) < 4.78 is 6.50. The van der Waals surface area contributed by atoms with E-state index in [1.165, 1.54) is 411 Å². The monoisotopic (exact) mass is 1930 g/mol. The van der Waals surface area contributed by atoms with E-state index in [4.69, 9.17) is 0 Å². The van der Waals surface area contributed by atoms with Crippen LogP contribution in [0.1, 0.15) is 543 Å². The van der Waals surface area contributed by atoms with Crippen molar-refractivity contribution >= 4 is 130 Å². The van der Waals surface area contributed by atoms with Gasteiger partial charge in [-0.3, -0.25) is 0 Å². The van der Waals surface area contributed by atoms with Gasteiger partial charge in [0.1, 0.15) is 0 Å². The molecule has 0 amide bonds. The summed E-state index contributed by atoms with van der Waals surface area (Å²) in [5, 5.41) is 43.0. The summed E-state index contributed by atoms with van der Waals surface area (Å²) in [4.78, 5) is 43.0. The number of hydrogen-bond acceptors (Lipinski definition) is 12. The quantitative estimate of drug-likeness (QED) is 0.0266. The molecule has 0 bridgehead atoms. The first-order chi connectivity index (χ1) is 55.7. The molecule has 0 aromatic rings. The molecule has 0 fully saturated rings. The average molecular weight is 1930 g/mol. The minimum absolute atomic E-state index is 0. The van der Waals surface area contributed by atoms with Gasteiger partial charge in [-0.15, -0.1) is 0 Å². The van der Waals surface area contributed by atoms with Crippen molar-refractivity contribution in [2.24, 2.45) is 23.7 Å². The van der Waals surface area contributed by atoms with Gasteiger partial charge in [0, 0.05) is 47.5 Å². The Kier molecular flexibility index (Phi) is 137. The van der Waals surface area contributed by atoms with Crippen molar-refractivity contribution in [1.29, 1.82) is 0 Å². The Morgan fingerprint density at radius 2 is 0.278 bits per heavy atom. The summed E-state index contributed by atoms with van der Waals surface area (Å²) in [7, 11) is 0. The van der Waals surface area contributed by atoms with Crippen molar-refractivity contribution in [3.05, 3.63) is 0 Å². The molecule has 0 aromatic carbocycles. The number of carbonyl (C=O) groups excluding carboxylic acids is 4. The molecule has 0 aromatic heterocycles. The molecule has 0 saturated carbocycles. The molecule has 15 heteroatoms. The standard InChI is InChI=1S/4C21H42O2S.4C4H9.S.2Sn/c4*1-2-3-4-5-6-7-8-9-10-11-12-13-14-15-16-17-18-20(19-24)21(22)23;4*1-3-4-2;;;/h4*20,24H,2-19H2,1H3,(H,22,23);4*1,3-4H2,2H3;;;/q;;;;;;;;-2;;/p-4. The number of hydrogen-bond donors (Lipinski definition) is 4. The topological polar surface area (TPSA) is 161 Å². The number of carbonyl (C=O) groups is 4. The molecule has 4 atom stereocenters. The third-order valence-electron chi connectivity index (χ3n) is 22.7. The molecule has 0 aliphatic heterocycles. The van der Waals surface area contributed by atoms with E-state index in [0.717, 1.165) is 77.0 Å². The normalized spacial score (nSPS) is 11.9. The first-order valence-electron chi connectivity index (χ1n) is 50.4. The molecule has 0 spiro atoms. The SMILES string of the molecule is CCCCCCCCCCCCCCCCCCC(CS)C(=O)[O-].CCCCCCCCCCCCCCCCCCC(CS)C(=O)[O-].CCCCCCCCCCCCCCCCCCC(CS)C(=O)[O-].CCCCCCCCCCCCCCCCCCC(CS)C(=O)[O-].CCC[CH2][Sn][CH2]CCC.CCC[CH2][Sn][CH2]CCC.[S-2]. The van der Waals surface area contributed by atoms with Crippen LogP contribution in [0.25, 0.3) is 0 Å². The first-order valence-corrected chi connectivity index (χ1v) is 61.0. The Hall–Kier alpha value is 1.23. The molecule has 0 saturated heterocycles. The molecular formula is C100H200O8S5Sn2-6. The van der Waals surface area contributed by atoms with E-state index < -0.39 is 23.9 Å². The third-order valence-corrected chi connectivity index (χ3v) is 32.5. The molecule has 115 heavy (non-hydrogen) atoms. The summed E-state index contributed by atoms with van der Waals surface area (Å²) in [5.74, 6) is -3.58. The van der Waals surface area contributed by atoms with Crippen LogP contribution in [0.5, 0.6) is 0 Å². The number of carboxylic acids is 4. The molecule has 4 unspecified atom stereocenters. The van der Waals surface area contributed by atoms with Crippen molar-refractivity contribution in [3.63, 3.8) is 0 Å². The van der Waals surface area contributed by atoms with E-state index in [9.17, 15) is 39.6 Å². The second kappa shape index (κ2) is 122. The Bertz CT molecular complexity index is 1520. The third kappa shape index (κ3) is 124. The van der Waals surface area contributed by atoms with Gasteiger partial charge in [-0.1, -0.05) is 439 Å². The largest absolute Gasteiger partial charge is 2.00 e. The fourth-order valence-corrected chi connectivity index (χ4v) is 24.0. The fourth-order valence-electron chi connectivity index (χ4n) is 14.3. The molecule has 4 radical (unpaired) electrons. The van der Waals surface area contributed by atoms with Crippen LogP contribution >= 0.6 is 50.5 Å². The minimum Gasteiger partial charge on any atom is -2.00 e. The van der Waals surface area contributed by atoms with Gasteiger partial charge in [-0.2, -0.15) is 50.5 Å². The Morgan fingerprint density at radius 3 is 0.365 bits per heavy atom. The van der Waals surface area contributed by atoms with E-state index in [0.29, 0.717) is 23.0 Å². The summed E-state index contributed by atoms with van der Waals surface area (Å²) in [6.07, 6.45) is 101. The maximum Gasteiger partial charge on any atom is -2.00 e. The van der Waals surface area contributed by atoms with E-state index in [2.05, 4.69) is 106 Å². The second-order valence-electron chi connectivity index (χ2n) is 34.1. The van der Waals surface area contributed by atoms with Gasteiger partial charge in [-0.25, -0.2) is 0 Å². The molecule has 692 valence electrons. The number of aliphatic carboxylic acids is 4. The van der Waals surface area contributed by atoms with Gasteiger partial charge in [0.25, 0.3) is 0 Å². The molecule has 0 heterocycles. The predicted molar refractivity (Wildman–Crippen MR) is 524 cm³/mol. The second-order valence-corrected chi connectivity index (χ2v) is 44.1. The van der Waals surface area contributed by atoms with Crippen molar-refractivity contribution in [2.75, 3.05) is 23.0 Å². The van der Waals surface area contributed by atoms with Crippen LogP contribution in [-0.2, 0) is 32.7 Å². The molecular weight excluding hydrogens is 1730 g/mol. The molecule has 8 nitrogen and oxygen atoms in total. The Morgan fingerprint density at radius 1 is 0.183 bits per heavy atom. The number of carboxylic acid groups (broad SMARTS) is 4. The summed E-state index contributed by atoms with van der Waals surface area (Å²) in [6.45, 7) is 18.3. The molecule has 0 rings (SSSR count). The zero-order valence-corrected chi connectivity index (χ0v) is 88.3. The van der Waals surface area contributed by atoms with Crippen LogP contribution in [-0.4, -0.2) is 89.2 Å². The van der Waals surface area contributed by atoms with Crippen LogP contribution in [0, 0.1) is 23.7 Å². The van der Waals surface area contributed by atoms with Crippen molar-refractivity contribution in [1.82, 2.24) is 0 Å². The molecule has 0 aliphatic rings. The Labute approximate surface area is 770 Å². The van der Waals surface area contributed by atoms with Crippen LogP contribution in [0.3, 0.4) is 0 Å². The van der Waals surface area contributed by atoms with Gasteiger partial charge in [0.2, 0.25) is 0 Å². The van der Waals surface area contributed by atoms with Gasteiger partial charge in [-0.05, 0) is 48.7 Å². The molecule has 0 aliphatic carbocycles. The fraction of sp³-hybridized carbons (Fsp3) is 0.960. The summed E-state index contributed by atoms with van der Waals surface area (Å²) >= 11 is 16.6. The predicted octanol–water partition coefficient (Wildman–Crippen LogP) is 30.0. The number of rotatable bonds is 88. The van der Waals surface area contributed by atoms with Gasteiger partial charge in [0.15, 0.2) is 0 Å².